The van der Waals surface area contributed by atoms with Crippen LogP contribution in [0.25, 0.3) is 4.85 Å². The highest BCUT2D eigenvalue weighted by atomic mass is 16.2. The van der Waals surface area contributed by atoms with Crippen LogP contribution in [-0.2, 0) is 4.79 Å². The average molecular weight is 162 g/mol. The number of amides is 1. The summed E-state index contributed by atoms with van der Waals surface area (Å²) in [5.41, 5.74) is 1.08. The van der Waals surface area contributed by atoms with Gasteiger partial charge < -0.3 is 4.90 Å². The molecule has 2 aliphatic rings. The standard InChI is InChI=1S/C9H10N2O/c1-10-4-7-5-11(6-7)9(12)8-2-3-8/h4,8H,2-3,5-6H2. The van der Waals surface area contributed by atoms with Gasteiger partial charge in [-0.05, 0) is 18.4 Å². The molecular formula is C9H10N2O. The predicted molar refractivity (Wildman–Crippen MR) is 44.0 cm³/mol. The Bertz CT molecular complexity index is 275. The van der Waals surface area contributed by atoms with Crippen LogP contribution in [0.4, 0.5) is 0 Å². The highest BCUT2D eigenvalue weighted by Crippen LogP contribution is 2.33. The summed E-state index contributed by atoms with van der Waals surface area (Å²) in [7, 11) is 0. The normalized spacial score (nSPS) is 21.2. The Morgan fingerprint density at radius 2 is 2.25 bits per heavy atom. The zero-order chi connectivity index (χ0) is 8.55. The first-order chi connectivity index (χ1) is 5.81. The molecule has 12 heavy (non-hydrogen) atoms. The summed E-state index contributed by atoms with van der Waals surface area (Å²) in [6.07, 6.45) is 3.66. The summed E-state index contributed by atoms with van der Waals surface area (Å²) in [6, 6.07) is 0. The fourth-order valence-corrected chi connectivity index (χ4v) is 1.36. The molecule has 1 heterocycles. The van der Waals surface area contributed by atoms with Crippen LogP contribution in [0, 0.1) is 12.5 Å². The lowest BCUT2D eigenvalue weighted by molar-refractivity contribution is -0.133. The molecule has 0 radical (unpaired) electrons. The van der Waals surface area contributed by atoms with Gasteiger partial charge in [0.2, 0.25) is 5.91 Å². The monoisotopic (exact) mass is 162 g/mol. The summed E-state index contributed by atoms with van der Waals surface area (Å²) in [6.45, 7) is 7.97. The van der Waals surface area contributed by atoms with Crippen molar-refractivity contribution in [2.75, 3.05) is 13.1 Å². The molecule has 0 N–H and O–H groups in total. The van der Waals surface area contributed by atoms with Crippen molar-refractivity contribution < 1.29 is 4.79 Å². The van der Waals surface area contributed by atoms with E-state index < -0.39 is 0 Å². The molecule has 1 aliphatic carbocycles. The van der Waals surface area contributed by atoms with Gasteiger partial charge in [0.1, 0.15) is 0 Å². The number of likely N-dealkylation sites (tertiary alicyclic amines) is 1. The highest BCUT2D eigenvalue weighted by molar-refractivity contribution is 5.82. The number of hydrogen-bond donors (Lipinski definition) is 0. The Morgan fingerprint density at radius 1 is 1.58 bits per heavy atom. The first kappa shape index (κ1) is 7.35. The molecule has 0 unspecified atom stereocenters. The molecule has 0 aromatic heterocycles. The van der Waals surface area contributed by atoms with Crippen LogP contribution in [0.5, 0.6) is 0 Å². The molecule has 0 bridgehead atoms. The third kappa shape index (κ3) is 1.20. The van der Waals surface area contributed by atoms with Crippen LogP contribution >= 0.6 is 0 Å². The lowest BCUT2D eigenvalue weighted by atomic mass is 10.1. The zero-order valence-electron chi connectivity index (χ0n) is 6.79. The predicted octanol–water partition coefficient (Wildman–Crippen LogP) is 1.04. The second-order valence-corrected chi connectivity index (χ2v) is 3.39. The Balaban J connectivity index is 1.85. The van der Waals surface area contributed by atoms with E-state index in [-0.39, 0.29) is 5.91 Å². The maximum atomic E-state index is 11.4. The van der Waals surface area contributed by atoms with Gasteiger partial charge in [-0.1, -0.05) is 0 Å². The molecule has 2 fully saturated rings. The summed E-state index contributed by atoms with van der Waals surface area (Å²) in [4.78, 5) is 16.3. The molecule has 0 atom stereocenters. The van der Waals surface area contributed by atoms with E-state index in [1.165, 1.54) is 6.20 Å². The third-order valence-corrected chi connectivity index (χ3v) is 2.27. The van der Waals surface area contributed by atoms with Crippen molar-refractivity contribution >= 4 is 5.91 Å². The van der Waals surface area contributed by atoms with Crippen molar-refractivity contribution in [2.45, 2.75) is 12.8 Å². The SMILES string of the molecule is [C-]#[N+]C=C1CN(C(=O)C2CC2)C1. The molecule has 62 valence electrons. The van der Waals surface area contributed by atoms with E-state index in [0.29, 0.717) is 19.0 Å². The van der Waals surface area contributed by atoms with Gasteiger partial charge in [0.15, 0.2) is 6.20 Å². The zero-order valence-corrected chi connectivity index (χ0v) is 6.79. The van der Waals surface area contributed by atoms with Crippen molar-refractivity contribution in [3.63, 3.8) is 0 Å². The number of carbonyl (C=O) groups excluding carboxylic acids is 1. The third-order valence-electron chi connectivity index (χ3n) is 2.27. The number of carbonyl (C=O) groups is 1. The Labute approximate surface area is 71.5 Å². The van der Waals surface area contributed by atoms with Crippen LogP contribution < -0.4 is 0 Å². The van der Waals surface area contributed by atoms with Crippen LogP contribution in [0.15, 0.2) is 11.8 Å². The van der Waals surface area contributed by atoms with Crippen molar-refractivity contribution in [2.24, 2.45) is 5.92 Å². The van der Waals surface area contributed by atoms with Crippen LogP contribution in [0.1, 0.15) is 12.8 Å². The van der Waals surface area contributed by atoms with Crippen LogP contribution in [0.2, 0.25) is 0 Å². The second kappa shape index (κ2) is 2.63. The first-order valence-electron chi connectivity index (χ1n) is 4.14. The molecule has 2 rings (SSSR count). The summed E-state index contributed by atoms with van der Waals surface area (Å²) < 4.78 is 0. The van der Waals surface area contributed by atoms with E-state index in [0.717, 1.165) is 18.4 Å². The Morgan fingerprint density at radius 3 is 2.75 bits per heavy atom. The quantitative estimate of drug-likeness (QED) is 0.529. The van der Waals surface area contributed by atoms with E-state index in [1.54, 1.807) is 0 Å². The van der Waals surface area contributed by atoms with E-state index in [4.69, 9.17) is 6.57 Å². The summed E-state index contributed by atoms with van der Waals surface area (Å²) >= 11 is 0. The fourth-order valence-electron chi connectivity index (χ4n) is 1.36. The van der Waals surface area contributed by atoms with Gasteiger partial charge >= 0.3 is 0 Å². The summed E-state index contributed by atoms with van der Waals surface area (Å²) in [5.74, 6) is 0.608. The van der Waals surface area contributed by atoms with Gasteiger partial charge in [-0.3, -0.25) is 4.79 Å². The molecule has 1 amide bonds. The van der Waals surface area contributed by atoms with Crippen molar-refractivity contribution in [1.29, 1.82) is 0 Å². The molecule has 0 aromatic rings. The molecular weight excluding hydrogens is 152 g/mol. The minimum atomic E-state index is 0.289. The lowest BCUT2D eigenvalue weighted by Crippen LogP contribution is -2.45. The molecule has 1 saturated heterocycles. The van der Waals surface area contributed by atoms with Crippen LogP contribution in [-0.4, -0.2) is 23.9 Å². The minimum absolute atomic E-state index is 0.289. The lowest BCUT2D eigenvalue weighted by Gasteiger charge is -2.34. The van der Waals surface area contributed by atoms with Gasteiger partial charge in [0.25, 0.3) is 0 Å². The fraction of sp³-hybridized carbons (Fsp3) is 0.556. The van der Waals surface area contributed by atoms with Gasteiger partial charge in [-0.25, -0.2) is 4.85 Å². The van der Waals surface area contributed by atoms with Gasteiger partial charge in [-0.2, -0.15) is 0 Å². The molecule has 3 heteroatoms. The molecule has 0 aromatic carbocycles. The maximum absolute atomic E-state index is 11.4. The first-order valence-corrected chi connectivity index (χ1v) is 4.14. The molecule has 0 spiro atoms. The van der Waals surface area contributed by atoms with Gasteiger partial charge in [0, 0.05) is 19.0 Å². The van der Waals surface area contributed by atoms with Crippen molar-refractivity contribution in [3.05, 3.63) is 23.2 Å². The van der Waals surface area contributed by atoms with Crippen molar-refractivity contribution in [3.8, 4) is 0 Å². The second-order valence-electron chi connectivity index (χ2n) is 3.39. The van der Waals surface area contributed by atoms with E-state index >= 15 is 0 Å². The number of rotatable bonds is 1. The van der Waals surface area contributed by atoms with Gasteiger partial charge in [0.05, 0.1) is 6.57 Å². The minimum Gasteiger partial charge on any atom is -0.337 e. The molecule has 1 saturated carbocycles. The Hall–Kier alpha value is -1.30. The largest absolute Gasteiger partial charge is 0.337 e. The highest BCUT2D eigenvalue weighted by Gasteiger charge is 2.36. The van der Waals surface area contributed by atoms with Crippen LogP contribution in [0.3, 0.4) is 0 Å². The summed E-state index contributed by atoms with van der Waals surface area (Å²) in [5, 5.41) is 0. The topological polar surface area (TPSA) is 24.7 Å². The molecule has 3 nitrogen and oxygen atoms in total. The number of hydrogen-bond acceptors (Lipinski definition) is 1. The van der Waals surface area contributed by atoms with Crippen molar-refractivity contribution in [1.82, 2.24) is 4.90 Å². The van der Waals surface area contributed by atoms with E-state index in [2.05, 4.69) is 4.85 Å². The van der Waals surface area contributed by atoms with E-state index in [1.807, 2.05) is 4.90 Å². The number of nitrogens with zero attached hydrogens (tertiary/aromatic N) is 2. The van der Waals surface area contributed by atoms with Gasteiger partial charge in [-0.15, -0.1) is 0 Å². The maximum Gasteiger partial charge on any atom is 0.226 e. The van der Waals surface area contributed by atoms with E-state index in [9.17, 15) is 4.79 Å². The average Bonchev–Trinajstić information content (AvgIpc) is 2.76. The smallest absolute Gasteiger partial charge is 0.226 e. The molecule has 1 aliphatic heterocycles. The Kier molecular flexibility index (Phi) is 1.61.